The SMILES string of the molecule is CC(C)(C)NC(=O)CC(N)c1ccccc1. The highest BCUT2D eigenvalue weighted by Crippen LogP contribution is 2.13. The number of rotatable bonds is 3. The Balaban J connectivity index is 2.52. The van der Waals surface area contributed by atoms with Crippen LogP contribution >= 0.6 is 0 Å². The lowest BCUT2D eigenvalue weighted by molar-refractivity contribution is -0.122. The topological polar surface area (TPSA) is 55.1 Å². The van der Waals surface area contributed by atoms with E-state index in [1.807, 2.05) is 51.1 Å². The largest absolute Gasteiger partial charge is 0.351 e. The monoisotopic (exact) mass is 220 g/mol. The third-order valence-electron chi connectivity index (χ3n) is 2.15. The van der Waals surface area contributed by atoms with E-state index in [1.165, 1.54) is 0 Å². The van der Waals surface area contributed by atoms with Gasteiger partial charge in [-0.05, 0) is 26.3 Å². The number of nitrogens with one attached hydrogen (secondary N) is 1. The first-order valence-corrected chi connectivity index (χ1v) is 5.50. The van der Waals surface area contributed by atoms with Gasteiger partial charge in [-0.15, -0.1) is 0 Å². The van der Waals surface area contributed by atoms with E-state index in [-0.39, 0.29) is 17.5 Å². The first-order valence-electron chi connectivity index (χ1n) is 5.50. The van der Waals surface area contributed by atoms with Gasteiger partial charge >= 0.3 is 0 Å². The van der Waals surface area contributed by atoms with Crippen molar-refractivity contribution < 1.29 is 4.79 Å². The van der Waals surface area contributed by atoms with E-state index < -0.39 is 0 Å². The standard InChI is InChI=1S/C13H20N2O/c1-13(2,3)15-12(16)9-11(14)10-7-5-4-6-8-10/h4-8,11H,9,14H2,1-3H3,(H,15,16). The molecule has 1 amide bonds. The van der Waals surface area contributed by atoms with Crippen molar-refractivity contribution in [1.29, 1.82) is 0 Å². The van der Waals surface area contributed by atoms with Crippen molar-refractivity contribution in [3.8, 4) is 0 Å². The van der Waals surface area contributed by atoms with Gasteiger partial charge in [0.05, 0.1) is 0 Å². The molecule has 1 atom stereocenters. The fourth-order valence-corrected chi connectivity index (χ4v) is 1.49. The van der Waals surface area contributed by atoms with Crippen molar-refractivity contribution in [2.75, 3.05) is 0 Å². The van der Waals surface area contributed by atoms with Gasteiger partial charge in [-0.25, -0.2) is 0 Å². The van der Waals surface area contributed by atoms with E-state index in [0.717, 1.165) is 5.56 Å². The predicted molar refractivity (Wildman–Crippen MR) is 65.9 cm³/mol. The molecule has 3 N–H and O–H groups in total. The van der Waals surface area contributed by atoms with Crippen LogP contribution in [-0.4, -0.2) is 11.4 Å². The fraction of sp³-hybridized carbons (Fsp3) is 0.462. The summed E-state index contributed by atoms with van der Waals surface area (Å²) in [6, 6.07) is 9.44. The number of carbonyl (C=O) groups excluding carboxylic acids is 1. The number of nitrogens with two attached hydrogens (primary N) is 1. The molecule has 0 heterocycles. The molecule has 0 aliphatic heterocycles. The summed E-state index contributed by atoms with van der Waals surface area (Å²) in [5.41, 5.74) is 6.75. The number of hydrogen-bond acceptors (Lipinski definition) is 2. The molecular formula is C13H20N2O. The average Bonchev–Trinajstić information content (AvgIpc) is 2.16. The van der Waals surface area contributed by atoms with Gasteiger partial charge in [-0.2, -0.15) is 0 Å². The summed E-state index contributed by atoms with van der Waals surface area (Å²) in [7, 11) is 0. The highest BCUT2D eigenvalue weighted by atomic mass is 16.1. The summed E-state index contributed by atoms with van der Waals surface area (Å²) in [6.45, 7) is 5.87. The zero-order valence-corrected chi connectivity index (χ0v) is 10.2. The second-order valence-electron chi connectivity index (χ2n) is 5.02. The molecule has 0 aromatic heterocycles. The molecule has 1 rings (SSSR count). The summed E-state index contributed by atoms with van der Waals surface area (Å²) in [5, 5.41) is 2.90. The Hall–Kier alpha value is -1.35. The fourth-order valence-electron chi connectivity index (χ4n) is 1.49. The maximum absolute atomic E-state index is 11.7. The summed E-state index contributed by atoms with van der Waals surface area (Å²) < 4.78 is 0. The first-order chi connectivity index (χ1) is 7.38. The number of hydrogen-bond donors (Lipinski definition) is 2. The van der Waals surface area contributed by atoms with Crippen molar-refractivity contribution in [2.45, 2.75) is 38.8 Å². The second-order valence-corrected chi connectivity index (χ2v) is 5.02. The second kappa shape index (κ2) is 5.12. The van der Waals surface area contributed by atoms with Crippen LogP contribution in [-0.2, 0) is 4.79 Å². The molecule has 88 valence electrons. The van der Waals surface area contributed by atoms with E-state index >= 15 is 0 Å². The van der Waals surface area contributed by atoms with Crippen molar-refractivity contribution >= 4 is 5.91 Å². The van der Waals surface area contributed by atoms with Crippen LogP contribution in [0.3, 0.4) is 0 Å². The highest BCUT2D eigenvalue weighted by molar-refractivity contribution is 5.77. The third kappa shape index (κ3) is 4.45. The molecule has 0 fully saturated rings. The third-order valence-corrected chi connectivity index (χ3v) is 2.15. The zero-order valence-electron chi connectivity index (χ0n) is 10.2. The van der Waals surface area contributed by atoms with Gasteiger partial charge in [0, 0.05) is 18.0 Å². The van der Waals surface area contributed by atoms with Gasteiger partial charge < -0.3 is 11.1 Å². The van der Waals surface area contributed by atoms with Crippen LogP contribution in [0.25, 0.3) is 0 Å². The summed E-state index contributed by atoms with van der Waals surface area (Å²) >= 11 is 0. The minimum absolute atomic E-state index is 0.0103. The van der Waals surface area contributed by atoms with Crippen molar-refractivity contribution in [3.63, 3.8) is 0 Å². The van der Waals surface area contributed by atoms with Crippen LogP contribution in [0.2, 0.25) is 0 Å². The molecule has 0 aliphatic rings. The molecule has 0 aliphatic carbocycles. The maximum Gasteiger partial charge on any atom is 0.222 e. The Kier molecular flexibility index (Phi) is 4.07. The molecule has 1 aromatic carbocycles. The molecule has 0 bridgehead atoms. The van der Waals surface area contributed by atoms with Crippen LogP contribution < -0.4 is 11.1 Å². The van der Waals surface area contributed by atoms with E-state index in [1.54, 1.807) is 0 Å². The van der Waals surface area contributed by atoms with Crippen LogP contribution in [0, 0.1) is 0 Å². The Morgan fingerprint density at radius 1 is 1.31 bits per heavy atom. The average molecular weight is 220 g/mol. The quantitative estimate of drug-likeness (QED) is 0.818. The van der Waals surface area contributed by atoms with Crippen molar-refractivity contribution in [1.82, 2.24) is 5.32 Å². The van der Waals surface area contributed by atoms with Crippen LogP contribution in [0.15, 0.2) is 30.3 Å². The first kappa shape index (κ1) is 12.7. The molecule has 16 heavy (non-hydrogen) atoms. The van der Waals surface area contributed by atoms with Gasteiger partial charge in [0.15, 0.2) is 0 Å². The molecule has 3 heteroatoms. The molecule has 1 aromatic rings. The molecule has 0 saturated carbocycles. The maximum atomic E-state index is 11.7. The van der Waals surface area contributed by atoms with Crippen LogP contribution in [0.4, 0.5) is 0 Å². The molecule has 0 spiro atoms. The number of carbonyl (C=O) groups is 1. The van der Waals surface area contributed by atoms with E-state index in [2.05, 4.69) is 5.32 Å². The van der Waals surface area contributed by atoms with E-state index in [4.69, 9.17) is 5.73 Å². The lowest BCUT2D eigenvalue weighted by atomic mass is 10.0. The minimum Gasteiger partial charge on any atom is -0.351 e. The Morgan fingerprint density at radius 2 is 1.88 bits per heavy atom. The van der Waals surface area contributed by atoms with Crippen LogP contribution in [0.1, 0.15) is 38.8 Å². The van der Waals surface area contributed by atoms with Gasteiger partial charge in [0.1, 0.15) is 0 Å². The highest BCUT2D eigenvalue weighted by Gasteiger charge is 2.16. The lowest BCUT2D eigenvalue weighted by Gasteiger charge is -2.22. The lowest BCUT2D eigenvalue weighted by Crippen LogP contribution is -2.41. The number of amides is 1. The Bertz CT molecular complexity index is 341. The normalized spacial score (nSPS) is 13.2. The molecule has 1 unspecified atom stereocenters. The summed E-state index contributed by atoms with van der Waals surface area (Å²) in [6.07, 6.45) is 0.321. The summed E-state index contributed by atoms with van der Waals surface area (Å²) in [4.78, 5) is 11.7. The van der Waals surface area contributed by atoms with Gasteiger partial charge in [-0.1, -0.05) is 30.3 Å². The zero-order chi connectivity index (χ0) is 12.2. The smallest absolute Gasteiger partial charge is 0.222 e. The number of benzene rings is 1. The minimum atomic E-state index is -0.233. The predicted octanol–water partition coefficient (Wildman–Crippen LogP) is 1.99. The van der Waals surface area contributed by atoms with Crippen LogP contribution in [0.5, 0.6) is 0 Å². The molecular weight excluding hydrogens is 200 g/mol. The van der Waals surface area contributed by atoms with Gasteiger partial charge in [-0.3, -0.25) is 4.79 Å². The molecule has 0 radical (unpaired) electrons. The van der Waals surface area contributed by atoms with Crippen molar-refractivity contribution in [2.24, 2.45) is 5.73 Å². The summed E-state index contributed by atoms with van der Waals surface area (Å²) in [5.74, 6) is -0.0103. The Morgan fingerprint density at radius 3 is 2.38 bits per heavy atom. The van der Waals surface area contributed by atoms with Gasteiger partial charge in [0.2, 0.25) is 5.91 Å². The van der Waals surface area contributed by atoms with Crippen molar-refractivity contribution in [3.05, 3.63) is 35.9 Å². The van der Waals surface area contributed by atoms with E-state index in [0.29, 0.717) is 6.42 Å². The molecule has 0 saturated heterocycles. The molecule has 3 nitrogen and oxygen atoms in total. The van der Waals surface area contributed by atoms with Gasteiger partial charge in [0.25, 0.3) is 0 Å². The Labute approximate surface area is 97.0 Å². The van der Waals surface area contributed by atoms with E-state index in [9.17, 15) is 4.79 Å².